The number of anilines is 1. The van der Waals surface area contributed by atoms with Crippen LogP contribution in [0.2, 0.25) is 0 Å². The number of nitrogens with two attached hydrogens (primary N) is 1. The van der Waals surface area contributed by atoms with Crippen molar-refractivity contribution in [3.05, 3.63) is 17.2 Å². The number of aryl methyl sites for hydroxylation is 1. The lowest BCUT2D eigenvalue weighted by Crippen LogP contribution is -1.84. The number of fused-ring (bicyclic) bond motifs is 1. The van der Waals surface area contributed by atoms with Crippen LogP contribution in [0.25, 0.3) is 11.0 Å². The molecule has 0 aliphatic carbocycles. The molecule has 2 rings (SSSR count). The topological polar surface area (TPSA) is 74.9 Å². The number of nitrogen functional groups attached to an aromatic ring is 1. The molecule has 0 bridgehead atoms. The predicted octanol–water partition coefficient (Wildman–Crippen LogP) is 1.47. The molecule has 0 atom stereocenters. The number of nitrogens with zero attached hydrogens (tertiary/aromatic N) is 1. The number of hydrogen-bond acceptors (Lipinski definition) is 3. The molecule has 0 unspecified atom stereocenters. The number of aromatic hydroxyl groups is 1. The zero-order valence-corrected chi connectivity index (χ0v) is 7.55. The molecule has 0 aliphatic rings. The van der Waals surface area contributed by atoms with Crippen LogP contribution in [0.5, 0.6) is 5.75 Å². The van der Waals surface area contributed by atoms with Crippen molar-refractivity contribution in [3.8, 4) is 5.75 Å². The molecule has 1 heterocycles. The fourth-order valence-corrected chi connectivity index (χ4v) is 1.38. The summed E-state index contributed by atoms with van der Waals surface area (Å²) >= 11 is 0. The van der Waals surface area contributed by atoms with E-state index in [0.717, 1.165) is 16.6 Å². The van der Waals surface area contributed by atoms with Crippen LogP contribution in [0, 0.1) is 13.8 Å². The molecule has 4 nitrogen and oxygen atoms in total. The van der Waals surface area contributed by atoms with Crippen LogP contribution >= 0.6 is 0 Å². The Bertz CT molecular complexity index is 473. The lowest BCUT2D eigenvalue weighted by molar-refractivity contribution is 0.476. The third kappa shape index (κ3) is 1.02. The predicted molar refractivity (Wildman–Crippen MR) is 51.6 cm³/mol. The van der Waals surface area contributed by atoms with E-state index in [1.54, 1.807) is 0 Å². The molecule has 68 valence electrons. The van der Waals surface area contributed by atoms with Gasteiger partial charge in [-0.1, -0.05) is 0 Å². The van der Waals surface area contributed by atoms with E-state index in [-0.39, 0.29) is 5.75 Å². The molecule has 4 N–H and O–H groups in total. The van der Waals surface area contributed by atoms with Crippen molar-refractivity contribution < 1.29 is 5.11 Å². The maximum absolute atomic E-state index is 9.71. The van der Waals surface area contributed by atoms with Crippen molar-refractivity contribution >= 4 is 17.0 Å². The number of phenols is 1. The molecule has 1 aromatic carbocycles. The van der Waals surface area contributed by atoms with Crippen molar-refractivity contribution in [2.45, 2.75) is 13.8 Å². The molecular formula is C9H11N3O. The van der Waals surface area contributed by atoms with Gasteiger partial charge in [-0.3, -0.25) is 0 Å². The first-order valence-corrected chi connectivity index (χ1v) is 4.04. The standard InChI is InChI=1S/C9H11N3O/c1-4-3-6-7(8(13)5(4)2)12-9(10)11-6/h3,13H,1-2H3,(H3,10,11,12). The molecule has 1 aromatic heterocycles. The van der Waals surface area contributed by atoms with Crippen LogP contribution in [0.15, 0.2) is 6.07 Å². The van der Waals surface area contributed by atoms with Crippen molar-refractivity contribution in [1.82, 2.24) is 9.97 Å². The first kappa shape index (κ1) is 7.91. The number of imidazole rings is 1. The normalized spacial score (nSPS) is 10.9. The Hall–Kier alpha value is -1.71. The Morgan fingerprint density at radius 1 is 1.46 bits per heavy atom. The number of aromatic amines is 1. The molecule has 0 saturated carbocycles. The van der Waals surface area contributed by atoms with Gasteiger partial charge in [-0.05, 0) is 31.0 Å². The van der Waals surface area contributed by atoms with Crippen LogP contribution in [-0.2, 0) is 0 Å². The summed E-state index contributed by atoms with van der Waals surface area (Å²) in [4.78, 5) is 6.86. The van der Waals surface area contributed by atoms with Gasteiger partial charge in [0, 0.05) is 0 Å². The molecule has 0 fully saturated rings. The van der Waals surface area contributed by atoms with Gasteiger partial charge in [-0.15, -0.1) is 0 Å². The summed E-state index contributed by atoms with van der Waals surface area (Å²) in [5.74, 6) is 0.540. The highest BCUT2D eigenvalue weighted by Crippen LogP contribution is 2.29. The Morgan fingerprint density at radius 2 is 2.15 bits per heavy atom. The number of nitrogens with one attached hydrogen (secondary N) is 1. The molecule has 0 amide bonds. The molecule has 0 spiro atoms. The van der Waals surface area contributed by atoms with Crippen molar-refractivity contribution in [3.63, 3.8) is 0 Å². The summed E-state index contributed by atoms with van der Waals surface area (Å²) in [5, 5.41) is 9.71. The van der Waals surface area contributed by atoms with Gasteiger partial charge in [0.2, 0.25) is 0 Å². The Morgan fingerprint density at radius 3 is 2.85 bits per heavy atom. The maximum atomic E-state index is 9.71. The number of phenolic OH excluding ortho intramolecular Hbond substituents is 1. The van der Waals surface area contributed by atoms with Gasteiger partial charge in [-0.25, -0.2) is 4.98 Å². The fraction of sp³-hybridized carbons (Fsp3) is 0.222. The minimum atomic E-state index is 0.211. The molecule has 2 aromatic rings. The monoisotopic (exact) mass is 177 g/mol. The second-order valence-corrected chi connectivity index (χ2v) is 3.19. The van der Waals surface area contributed by atoms with E-state index in [1.807, 2.05) is 19.9 Å². The summed E-state index contributed by atoms with van der Waals surface area (Å²) in [6, 6.07) is 1.92. The van der Waals surface area contributed by atoms with Gasteiger partial charge < -0.3 is 15.8 Å². The van der Waals surface area contributed by atoms with Crippen molar-refractivity contribution in [2.75, 3.05) is 5.73 Å². The molecule has 0 saturated heterocycles. The van der Waals surface area contributed by atoms with Crippen LogP contribution in [0.4, 0.5) is 5.95 Å². The van der Waals surface area contributed by atoms with Crippen molar-refractivity contribution in [1.29, 1.82) is 0 Å². The van der Waals surface area contributed by atoms with Gasteiger partial charge in [0.25, 0.3) is 0 Å². The molecule has 0 radical (unpaired) electrons. The maximum Gasteiger partial charge on any atom is 0.198 e. The third-order valence-electron chi connectivity index (χ3n) is 2.28. The highest BCUT2D eigenvalue weighted by Gasteiger charge is 2.09. The van der Waals surface area contributed by atoms with Crippen LogP contribution in [0.1, 0.15) is 11.1 Å². The first-order chi connectivity index (χ1) is 6.09. The number of H-pyrrole nitrogens is 1. The summed E-state index contributed by atoms with van der Waals surface area (Å²) in [7, 11) is 0. The van der Waals surface area contributed by atoms with E-state index in [1.165, 1.54) is 0 Å². The molecule has 0 aliphatic heterocycles. The highest BCUT2D eigenvalue weighted by molar-refractivity contribution is 5.85. The van der Waals surface area contributed by atoms with E-state index in [4.69, 9.17) is 5.73 Å². The zero-order chi connectivity index (χ0) is 9.59. The van der Waals surface area contributed by atoms with Crippen LogP contribution in [0.3, 0.4) is 0 Å². The van der Waals surface area contributed by atoms with E-state index in [9.17, 15) is 5.11 Å². The summed E-state index contributed by atoms with van der Waals surface area (Å²) in [6.07, 6.45) is 0. The summed E-state index contributed by atoms with van der Waals surface area (Å²) < 4.78 is 0. The van der Waals surface area contributed by atoms with Crippen LogP contribution in [-0.4, -0.2) is 15.1 Å². The van der Waals surface area contributed by atoms with E-state index < -0.39 is 0 Å². The zero-order valence-electron chi connectivity index (χ0n) is 7.55. The van der Waals surface area contributed by atoms with Gasteiger partial charge in [0.05, 0.1) is 5.52 Å². The SMILES string of the molecule is Cc1cc2[nH]c(N)nc2c(O)c1C. The number of rotatable bonds is 0. The Balaban J connectivity index is 2.92. The Labute approximate surface area is 75.4 Å². The summed E-state index contributed by atoms with van der Waals surface area (Å²) in [5.41, 5.74) is 8.67. The first-order valence-electron chi connectivity index (χ1n) is 4.04. The molecular weight excluding hydrogens is 166 g/mol. The second kappa shape index (κ2) is 2.39. The van der Waals surface area contributed by atoms with Crippen LogP contribution < -0.4 is 5.73 Å². The van der Waals surface area contributed by atoms with Gasteiger partial charge in [0.1, 0.15) is 11.3 Å². The van der Waals surface area contributed by atoms with Gasteiger partial charge >= 0.3 is 0 Å². The lowest BCUT2D eigenvalue weighted by atomic mass is 10.1. The van der Waals surface area contributed by atoms with Gasteiger partial charge in [0.15, 0.2) is 5.95 Å². The number of aromatic nitrogens is 2. The van der Waals surface area contributed by atoms with Gasteiger partial charge in [-0.2, -0.15) is 0 Å². The van der Waals surface area contributed by atoms with E-state index in [0.29, 0.717) is 11.5 Å². The minimum absolute atomic E-state index is 0.211. The lowest BCUT2D eigenvalue weighted by Gasteiger charge is -2.02. The van der Waals surface area contributed by atoms with E-state index in [2.05, 4.69) is 9.97 Å². The number of benzene rings is 1. The number of hydrogen-bond donors (Lipinski definition) is 3. The second-order valence-electron chi connectivity index (χ2n) is 3.19. The average molecular weight is 177 g/mol. The highest BCUT2D eigenvalue weighted by atomic mass is 16.3. The summed E-state index contributed by atoms with van der Waals surface area (Å²) in [6.45, 7) is 3.79. The average Bonchev–Trinajstić information content (AvgIpc) is 2.42. The smallest absolute Gasteiger partial charge is 0.198 e. The Kier molecular flexibility index (Phi) is 1.45. The quantitative estimate of drug-likeness (QED) is 0.570. The third-order valence-corrected chi connectivity index (χ3v) is 2.28. The van der Waals surface area contributed by atoms with E-state index >= 15 is 0 Å². The minimum Gasteiger partial charge on any atom is -0.505 e. The fourth-order valence-electron chi connectivity index (χ4n) is 1.38. The largest absolute Gasteiger partial charge is 0.505 e. The van der Waals surface area contributed by atoms with Crippen molar-refractivity contribution in [2.24, 2.45) is 0 Å². The molecule has 13 heavy (non-hydrogen) atoms. The molecule has 4 heteroatoms.